The molecule has 0 aliphatic carbocycles. The summed E-state index contributed by atoms with van der Waals surface area (Å²) in [5.41, 5.74) is 11.4. The topological polar surface area (TPSA) is 157 Å². The quantitative estimate of drug-likeness (QED) is 0.204. The number of nitrogens with two attached hydrogens (primary N) is 1. The second-order valence-corrected chi connectivity index (χ2v) is 9.64. The number of pyridine rings is 1. The van der Waals surface area contributed by atoms with Crippen LogP contribution in [-0.4, -0.2) is 41.5 Å². The standard InChI is InChI=1S/C30H26FN3O4.C3H8O.CH2O2/c1-19-23(3-2-4-25(19)22-5-6-27-30(11-22)36-8-7-35-27)18-38-29-12-28(24(14-33)10-26(29)31)37-17-21-9-20(13-32)15-34-16-21;1-2-3-4;2-1-3/h2-6,9-12,15-16H,7-8,14,17-18,33H2,1H3;4H,2-3H2,1H3;1H,(H,2,3). The van der Waals surface area contributed by atoms with Gasteiger partial charge in [0, 0.05) is 42.7 Å². The molecule has 0 atom stereocenters. The number of hydrogen-bond donors (Lipinski definition) is 3. The second-order valence-electron chi connectivity index (χ2n) is 9.64. The predicted molar refractivity (Wildman–Crippen MR) is 166 cm³/mol. The molecule has 2 heterocycles. The Labute approximate surface area is 261 Å². The molecule has 0 spiro atoms. The van der Waals surface area contributed by atoms with E-state index >= 15 is 0 Å². The highest BCUT2D eigenvalue weighted by atomic mass is 19.1. The number of aliphatic hydroxyl groups is 1. The first kappa shape index (κ1) is 34.3. The fourth-order valence-electron chi connectivity index (χ4n) is 4.29. The van der Waals surface area contributed by atoms with E-state index in [1.165, 1.54) is 18.3 Å². The summed E-state index contributed by atoms with van der Waals surface area (Å²) in [7, 11) is 0. The Morgan fingerprint density at radius 1 is 1.02 bits per heavy atom. The van der Waals surface area contributed by atoms with Crippen LogP contribution in [-0.2, 0) is 24.6 Å². The number of rotatable bonds is 9. The Morgan fingerprint density at radius 3 is 2.42 bits per heavy atom. The molecule has 1 aliphatic heterocycles. The third kappa shape index (κ3) is 9.66. The number of ether oxygens (including phenoxy) is 4. The van der Waals surface area contributed by atoms with Crippen LogP contribution < -0.4 is 24.7 Å². The van der Waals surface area contributed by atoms with Gasteiger partial charge in [0.05, 0.1) is 5.56 Å². The number of carboxylic acid groups (broad SMARTS) is 1. The average Bonchev–Trinajstić information content (AvgIpc) is 3.07. The molecule has 45 heavy (non-hydrogen) atoms. The van der Waals surface area contributed by atoms with Gasteiger partial charge in [-0.15, -0.1) is 0 Å². The molecule has 0 saturated carbocycles. The van der Waals surface area contributed by atoms with Gasteiger partial charge >= 0.3 is 0 Å². The van der Waals surface area contributed by atoms with Crippen molar-refractivity contribution in [1.29, 1.82) is 5.26 Å². The highest BCUT2D eigenvalue weighted by molar-refractivity contribution is 5.71. The van der Waals surface area contributed by atoms with Gasteiger partial charge in [0.25, 0.3) is 6.47 Å². The Morgan fingerprint density at radius 2 is 1.73 bits per heavy atom. The molecule has 0 amide bonds. The molecule has 0 bridgehead atoms. The van der Waals surface area contributed by atoms with Gasteiger partial charge in [0.15, 0.2) is 23.1 Å². The maximum atomic E-state index is 14.9. The lowest BCUT2D eigenvalue weighted by atomic mass is 9.96. The van der Waals surface area contributed by atoms with Gasteiger partial charge in [0.1, 0.15) is 38.2 Å². The molecule has 10 nitrogen and oxygen atoms in total. The molecule has 5 rings (SSSR count). The third-order valence-corrected chi connectivity index (χ3v) is 6.56. The summed E-state index contributed by atoms with van der Waals surface area (Å²) in [5, 5.41) is 23.8. The zero-order valence-corrected chi connectivity index (χ0v) is 25.2. The van der Waals surface area contributed by atoms with Crippen LogP contribution in [0.1, 0.15) is 41.2 Å². The molecular weight excluding hydrogens is 581 g/mol. The molecule has 4 N–H and O–H groups in total. The van der Waals surface area contributed by atoms with Crippen molar-refractivity contribution in [2.75, 3.05) is 19.8 Å². The van der Waals surface area contributed by atoms with Crippen LogP contribution in [0.5, 0.6) is 23.0 Å². The molecule has 0 saturated heterocycles. The second kappa shape index (κ2) is 17.8. The van der Waals surface area contributed by atoms with E-state index in [9.17, 15) is 4.39 Å². The zero-order chi connectivity index (χ0) is 32.6. The van der Waals surface area contributed by atoms with E-state index < -0.39 is 5.82 Å². The molecular formula is C34H36FN3O7. The van der Waals surface area contributed by atoms with Crippen LogP contribution in [0.4, 0.5) is 4.39 Å². The zero-order valence-electron chi connectivity index (χ0n) is 25.2. The summed E-state index contributed by atoms with van der Waals surface area (Å²) in [6.07, 6.45) is 3.96. The van der Waals surface area contributed by atoms with Gasteiger partial charge in [-0.2, -0.15) is 5.26 Å². The van der Waals surface area contributed by atoms with Crippen LogP contribution in [0.2, 0.25) is 0 Å². The van der Waals surface area contributed by atoms with Crippen molar-refractivity contribution in [3.8, 4) is 40.2 Å². The number of fused-ring (bicyclic) bond motifs is 1. The third-order valence-electron chi connectivity index (χ3n) is 6.56. The van der Waals surface area contributed by atoms with Crippen molar-refractivity contribution in [3.63, 3.8) is 0 Å². The maximum absolute atomic E-state index is 14.9. The van der Waals surface area contributed by atoms with Crippen molar-refractivity contribution >= 4 is 6.47 Å². The van der Waals surface area contributed by atoms with Crippen molar-refractivity contribution in [2.45, 2.75) is 40.0 Å². The lowest BCUT2D eigenvalue weighted by Gasteiger charge is -2.20. The van der Waals surface area contributed by atoms with Gasteiger partial charge in [-0.05, 0) is 59.9 Å². The Kier molecular flexibility index (Phi) is 13.6. The van der Waals surface area contributed by atoms with Crippen molar-refractivity contribution in [3.05, 3.63) is 101 Å². The minimum Gasteiger partial charge on any atom is -0.488 e. The normalized spacial score (nSPS) is 11.1. The van der Waals surface area contributed by atoms with E-state index in [2.05, 4.69) is 4.98 Å². The van der Waals surface area contributed by atoms with Crippen LogP contribution in [0, 0.1) is 24.1 Å². The van der Waals surface area contributed by atoms with Crippen molar-refractivity contribution in [2.24, 2.45) is 5.73 Å². The highest BCUT2D eigenvalue weighted by Gasteiger charge is 2.16. The van der Waals surface area contributed by atoms with Crippen LogP contribution >= 0.6 is 0 Å². The van der Waals surface area contributed by atoms with E-state index in [0.29, 0.717) is 42.3 Å². The molecule has 4 aromatic rings. The van der Waals surface area contributed by atoms with Gasteiger partial charge in [-0.25, -0.2) is 4.39 Å². The van der Waals surface area contributed by atoms with Crippen LogP contribution in [0.15, 0.2) is 67.0 Å². The van der Waals surface area contributed by atoms with Crippen LogP contribution in [0.3, 0.4) is 0 Å². The predicted octanol–water partition coefficient (Wildman–Crippen LogP) is 5.55. The molecule has 1 aromatic heterocycles. The van der Waals surface area contributed by atoms with E-state index in [4.69, 9.17) is 45.0 Å². The highest BCUT2D eigenvalue weighted by Crippen LogP contribution is 2.36. The van der Waals surface area contributed by atoms with E-state index in [0.717, 1.165) is 40.2 Å². The largest absolute Gasteiger partial charge is 0.488 e. The van der Waals surface area contributed by atoms with E-state index in [1.54, 1.807) is 12.3 Å². The first-order chi connectivity index (χ1) is 21.9. The Balaban J connectivity index is 0.000000719. The van der Waals surface area contributed by atoms with Gasteiger partial charge < -0.3 is 34.9 Å². The summed E-state index contributed by atoms with van der Waals surface area (Å²) in [4.78, 5) is 12.4. The van der Waals surface area contributed by atoms with E-state index in [1.807, 2.05) is 56.3 Å². The average molecular weight is 618 g/mol. The number of halogens is 1. The SMILES string of the molecule is CCCO.Cc1c(COc2cc(OCc3cncc(C#N)c3)c(CN)cc2F)cccc1-c1ccc2c(c1)OCCO2.O=CO. The minimum absolute atomic E-state index is 0.0604. The number of aromatic nitrogens is 1. The number of nitriles is 1. The molecule has 0 radical (unpaired) electrons. The number of aliphatic hydroxyl groups excluding tert-OH is 1. The molecule has 0 fully saturated rings. The smallest absolute Gasteiger partial charge is 0.290 e. The van der Waals surface area contributed by atoms with Gasteiger partial charge in [-0.1, -0.05) is 31.2 Å². The summed E-state index contributed by atoms with van der Waals surface area (Å²) in [6, 6.07) is 18.4. The summed E-state index contributed by atoms with van der Waals surface area (Å²) >= 11 is 0. The number of carbonyl (C=O) groups is 1. The first-order valence-corrected chi connectivity index (χ1v) is 14.2. The van der Waals surface area contributed by atoms with Crippen molar-refractivity contribution < 1.29 is 38.3 Å². The molecule has 11 heteroatoms. The minimum atomic E-state index is -0.522. The molecule has 236 valence electrons. The van der Waals surface area contributed by atoms with Gasteiger partial charge in [0.2, 0.25) is 0 Å². The number of hydrogen-bond acceptors (Lipinski definition) is 9. The summed E-state index contributed by atoms with van der Waals surface area (Å²) in [5.74, 6) is 1.41. The Hall–Kier alpha value is -5.18. The van der Waals surface area contributed by atoms with Gasteiger partial charge in [-0.3, -0.25) is 9.78 Å². The molecule has 1 aliphatic rings. The first-order valence-electron chi connectivity index (χ1n) is 14.2. The fourth-order valence-corrected chi connectivity index (χ4v) is 4.29. The van der Waals surface area contributed by atoms with Crippen molar-refractivity contribution in [1.82, 2.24) is 4.98 Å². The summed E-state index contributed by atoms with van der Waals surface area (Å²) < 4.78 is 38.1. The maximum Gasteiger partial charge on any atom is 0.290 e. The molecule has 0 unspecified atom stereocenters. The number of benzene rings is 3. The Bertz CT molecular complexity index is 1610. The lowest BCUT2D eigenvalue weighted by molar-refractivity contribution is -0.122. The van der Waals surface area contributed by atoms with Crippen LogP contribution in [0.25, 0.3) is 11.1 Å². The van der Waals surface area contributed by atoms with E-state index in [-0.39, 0.29) is 32.0 Å². The number of nitrogens with zero attached hydrogens (tertiary/aromatic N) is 2. The summed E-state index contributed by atoms with van der Waals surface area (Å²) in [6.45, 7) is 5.48. The molecule has 3 aromatic carbocycles. The lowest BCUT2D eigenvalue weighted by Crippen LogP contribution is -2.15. The monoisotopic (exact) mass is 617 g/mol. The fraction of sp³-hybridized carbons (Fsp3) is 0.265.